The van der Waals surface area contributed by atoms with Crippen LogP contribution in [-0.4, -0.2) is 23.7 Å². The Morgan fingerprint density at radius 3 is 2.35 bits per heavy atom. The smallest absolute Gasteiger partial charge is 0.312 e. The molecule has 17 heavy (non-hydrogen) atoms. The highest BCUT2D eigenvalue weighted by molar-refractivity contribution is 5.81. The average Bonchev–Trinajstić information content (AvgIpc) is 2.25. The summed E-state index contributed by atoms with van der Waals surface area (Å²) in [5.41, 5.74) is -0.930. The van der Waals surface area contributed by atoms with Gasteiger partial charge in [-0.25, -0.2) is 0 Å². The van der Waals surface area contributed by atoms with Crippen molar-refractivity contribution >= 4 is 11.9 Å². The Labute approximate surface area is 102 Å². The molecule has 4 heteroatoms. The number of hydrogen-bond acceptors (Lipinski definition) is 3. The molecule has 0 aromatic heterocycles. The van der Waals surface area contributed by atoms with Gasteiger partial charge >= 0.3 is 11.9 Å². The van der Waals surface area contributed by atoms with Crippen molar-refractivity contribution in [3.05, 3.63) is 0 Å². The summed E-state index contributed by atoms with van der Waals surface area (Å²) in [5.74, 6) is -0.900. The molecule has 1 aliphatic carbocycles. The molecule has 0 aliphatic heterocycles. The predicted octanol–water partition coefficient (Wildman–Crippen LogP) is 2.61. The van der Waals surface area contributed by atoms with Gasteiger partial charge in [-0.15, -0.1) is 0 Å². The van der Waals surface area contributed by atoms with Crippen LogP contribution in [0.15, 0.2) is 0 Å². The van der Waals surface area contributed by atoms with Crippen LogP contribution in [0.1, 0.15) is 52.4 Å². The first kappa shape index (κ1) is 14.0. The number of rotatable bonds is 5. The van der Waals surface area contributed by atoms with Crippen molar-refractivity contribution in [3.63, 3.8) is 0 Å². The summed E-state index contributed by atoms with van der Waals surface area (Å²) in [5, 5.41) is 8.71. The summed E-state index contributed by atoms with van der Waals surface area (Å²) in [4.78, 5) is 22.4. The summed E-state index contributed by atoms with van der Waals surface area (Å²) < 4.78 is 5.24. The van der Waals surface area contributed by atoms with Gasteiger partial charge in [0.25, 0.3) is 0 Å². The third kappa shape index (κ3) is 4.75. The number of carboxylic acid groups (broad SMARTS) is 1. The fourth-order valence-electron chi connectivity index (χ4n) is 2.19. The molecule has 0 saturated heterocycles. The molecule has 0 unspecified atom stereocenters. The third-order valence-corrected chi connectivity index (χ3v) is 3.32. The highest BCUT2D eigenvalue weighted by Gasteiger charge is 2.32. The Bertz CT molecular complexity index is 277. The Hall–Kier alpha value is -1.06. The number of esters is 1. The molecule has 0 spiro atoms. The first-order valence-corrected chi connectivity index (χ1v) is 6.31. The number of aliphatic carboxylic acids is 1. The lowest BCUT2D eigenvalue weighted by atomic mass is 9.88. The maximum Gasteiger partial charge on any atom is 0.312 e. The molecule has 1 aliphatic rings. The van der Waals surface area contributed by atoms with Crippen molar-refractivity contribution in [1.29, 1.82) is 0 Å². The lowest BCUT2D eigenvalue weighted by molar-refractivity contribution is -0.160. The highest BCUT2D eigenvalue weighted by atomic mass is 16.5. The Kier molecular flexibility index (Phi) is 4.97. The van der Waals surface area contributed by atoms with Crippen molar-refractivity contribution in [2.45, 2.75) is 52.4 Å². The molecule has 4 nitrogen and oxygen atoms in total. The van der Waals surface area contributed by atoms with Gasteiger partial charge < -0.3 is 9.84 Å². The minimum absolute atomic E-state index is 0.184. The van der Waals surface area contributed by atoms with Crippen LogP contribution < -0.4 is 0 Å². The summed E-state index contributed by atoms with van der Waals surface area (Å²) in [6, 6.07) is 0. The zero-order valence-corrected chi connectivity index (χ0v) is 10.7. The minimum atomic E-state index is -0.968. The fourth-order valence-corrected chi connectivity index (χ4v) is 2.19. The van der Waals surface area contributed by atoms with Gasteiger partial charge in [0, 0.05) is 0 Å². The van der Waals surface area contributed by atoms with Gasteiger partial charge in [0.15, 0.2) is 0 Å². The maximum atomic E-state index is 11.8. The summed E-state index contributed by atoms with van der Waals surface area (Å²) in [7, 11) is 0. The molecule has 0 bridgehead atoms. The first-order valence-electron chi connectivity index (χ1n) is 6.31. The van der Waals surface area contributed by atoms with Crippen molar-refractivity contribution < 1.29 is 19.4 Å². The van der Waals surface area contributed by atoms with E-state index in [9.17, 15) is 9.59 Å². The zero-order chi connectivity index (χ0) is 12.9. The lowest BCUT2D eigenvalue weighted by Gasteiger charge is -2.25. The third-order valence-electron chi connectivity index (χ3n) is 3.32. The van der Waals surface area contributed by atoms with E-state index >= 15 is 0 Å². The predicted molar refractivity (Wildman–Crippen MR) is 63.6 cm³/mol. The molecule has 0 aromatic rings. The topological polar surface area (TPSA) is 63.6 Å². The molecule has 1 rings (SSSR count). The van der Waals surface area contributed by atoms with Crippen LogP contribution in [0.4, 0.5) is 0 Å². The monoisotopic (exact) mass is 242 g/mol. The summed E-state index contributed by atoms with van der Waals surface area (Å²) in [6.45, 7) is 3.68. The van der Waals surface area contributed by atoms with Crippen molar-refractivity contribution in [3.8, 4) is 0 Å². The molecule has 0 amide bonds. The van der Waals surface area contributed by atoms with E-state index in [1.165, 1.54) is 19.3 Å². The standard InChI is InChI=1S/C13H22O4/c1-13(2,8-11(14)15)12(16)17-9-10-6-4-3-5-7-10/h10H,3-9H2,1-2H3,(H,14,15). The van der Waals surface area contributed by atoms with Crippen LogP contribution in [0, 0.1) is 11.3 Å². The van der Waals surface area contributed by atoms with Crippen LogP contribution in [0.3, 0.4) is 0 Å². The molecule has 0 heterocycles. The van der Waals surface area contributed by atoms with E-state index in [1.54, 1.807) is 13.8 Å². The van der Waals surface area contributed by atoms with Crippen molar-refractivity contribution in [2.75, 3.05) is 6.61 Å². The maximum absolute atomic E-state index is 11.8. The Morgan fingerprint density at radius 2 is 1.82 bits per heavy atom. The second-order valence-electron chi connectivity index (χ2n) is 5.56. The van der Waals surface area contributed by atoms with Gasteiger partial charge in [-0.1, -0.05) is 19.3 Å². The SMILES string of the molecule is CC(C)(CC(=O)O)C(=O)OCC1CCCCC1. The largest absolute Gasteiger partial charge is 0.481 e. The highest BCUT2D eigenvalue weighted by Crippen LogP contribution is 2.26. The van der Waals surface area contributed by atoms with E-state index < -0.39 is 17.4 Å². The van der Waals surface area contributed by atoms with Crippen molar-refractivity contribution in [2.24, 2.45) is 11.3 Å². The number of carbonyl (C=O) groups excluding carboxylic acids is 1. The van der Waals surface area contributed by atoms with E-state index in [2.05, 4.69) is 0 Å². The van der Waals surface area contributed by atoms with Gasteiger partial charge in [0.05, 0.1) is 18.4 Å². The quantitative estimate of drug-likeness (QED) is 0.753. The molecule has 0 aromatic carbocycles. The molecular formula is C13H22O4. The number of hydrogen-bond donors (Lipinski definition) is 1. The van der Waals surface area contributed by atoms with Crippen LogP contribution >= 0.6 is 0 Å². The molecule has 98 valence electrons. The van der Waals surface area contributed by atoms with Crippen LogP contribution in [0.5, 0.6) is 0 Å². The van der Waals surface area contributed by atoms with Gasteiger partial charge in [0.2, 0.25) is 0 Å². The zero-order valence-electron chi connectivity index (χ0n) is 10.7. The van der Waals surface area contributed by atoms with Crippen molar-refractivity contribution in [1.82, 2.24) is 0 Å². The Balaban J connectivity index is 2.34. The van der Waals surface area contributed by atoms with E-state index in [1.807, 2.05) is 0 Å². The number of ether oxygens (including phenoxy) is 1. The van der Waals surface area contributed by atoms with E-state index in [0.29, 0.717) is 12.5 Å². The second kappa shape index (κ2) is 6.03. The van der Waals surface area contributed by atoms with E-state index in [0.717, 1.165) is 12.8 Å². The number of carbonyl (C=O) groups is 2. The Morgan fingerprint density at radius 1 is 1.24 bits per heavy atom. The van der Waals surface area contributed by atoms with Crippen LogP contribution in [0.25, 0.3) is 0 Å². The molecule has 1 fully saturated rings. The normalized spacial score (nSPS) is 17.8. The van der Waals surface area contributed by atoms with Crippen LogP contribution in [-0.2, 0) is 14.3 Å². The summed E-state index contributed by atoms with van der Waals surface area (Å²) in [6.07, 6.45) is 5.74. The van der Waals surface area contributed by atoms with E-state index in [4.69, 9.17) is 9.84 Å². The summed E-state index contributed by atoms with van der Waals surface area (Å²) >= 11 is 0. The van der Waals surface area contributed by atoms with E-state index in [-0.39, 0.29) is 6.42 Å². The second-order valence-corrected chi connectivity index (χ2v) is 5.56. The molecule has 0 radical (unpaired) electrons. The van der Waals surface area contributed by atoms with Gasteiger partial charge in [-0.2, -0.15) is 0 Å². The average molecular weight is 242 g/mol. The molecular weight excluding hydrogens is 220 g/mol. The number of carboxylic acids is 1. The van der Waals surface area contributed by atoms with Gasteiger partial charge in [-0.05, 0) is 32.6 Å². The van der Waals surface area contributed by atoms with Crippen LogP contribution in [0.2, 0.25) is 0 Å². The lowest BCUT2D eigenvalue weighted by Crippen LogP contribution is -2.31. The van der Waals surface area contributed by atoms with Gasteiger partial charge in [0.1, 0.15) is 0 Å². The molecule has 1 saturated carbocycles. The minimum Gasteiger partial charge on any atom is -0.481 e. The first-order chi connectivity index (χ1) is 7.92. The fraction of sp³-hybridized carbons (Fsp3) is 0.846. The molecule has 1 N–H and O–H groups in total. The van der Waals surface area contributed by atoms with Gasteiger partial charge in [-0.3, -0.25) is 9.59 Å². The molecule has 0 atom stereocenters.